The highest BCUT2D eigenvalue weighted by Crippen LogP contribution is 2.33. The molecule has 1 atom stereocenters. The first-order chi connectivity index (χ1) is 6.40. The summed E-state index contributed by atoms with van der Waals surface area (Å²) in [6.07, 6.45) is 3.93. The van der Waals surface area contributed by atoms with Crippen LogP contribution in [0.4, 0.5) is 0 Å². The average Bonchev–Trinajstić information content (AvgIpc) is 2.84. The van der Waals surface area contributed by atoms with E-state index in [1.807, 2.05) is 0 Å². The lowest BCUT2D eigenvalue weighted by Gasteiger charge is -2.13. The van der Waals surface area contributed by atoms with Crippen molar-refractivity contribution in [3.05, 3.63) is 5.82 Å². The van der Waals surface area contributed by atoms with Crippen LogP contribution in [0.3, 0.4) is 0 Å². The van der Waals surface area contributed by atoms with Crippen molar-refractivity contribution in [2.75, 3.05) is 0 Å². The Hall–Kier alpha value is -0.970. The van der Waals surface area contributed by atoms with Crippen LogP contribution in [-0.2, 0) is 6.54 Å². The number of hydrogen-bond acceptors (Lipinski definition) is 4. The highest BCUT2D eigenvalue weighted by Gasteiger charge is 2.29. The Morgan fingerprint density at radius 2 is 2.46 bits per heavy atom. The molecule has 1 aliphatic carbocycles. The van der Waals surface area contributed by atoms with Gasteiger partial charge < -0.3 is 5.32 Å². The zero-order valence-corrected chi connectivity index (χ0v) is 7.82. The Labute approximate surface area is 77.3 Å². The number of aromatic nitrogens is 4. The van der Waals surface area contributed by atoms with Gasteiger partial charge in [0.15, 0.2) is 5.82 Å². The van der Waals surface area contributed by atoms with E-state index in [0.29, 0.717) is 6.04 Å². The monoisotopic (exact) mass is 181 g/mol. The van der Waals surface area contributed by atoms with E-state index in [0.717, 1.165) is 18.3 Å². The van der Waals surface area contributed by atoms with Crippen LogP contribution in [0, 0.1) is 5.92 Å². The summed E-state index contributed by atoms with van der Waals surface area (Å²) in [6, 6.07) is 0.638. The largest absolute Gasteiger partial charge is 0.307 e. The van der Waals surface area contributed by atoms with Crippen molar-refractivity contribution in [1.29, 1.82) is 0 Å². The first kappa shape index (κ1) is 8.62. The van der Waals surface area contributed by atoms with Crippen molar-refractivity contribution in [3.63, 3.8) is 0 Å². The lowest BCUT2D eigenvalue weighted by molar-refractivity contribution is 0.443. The summed E-state index contributed by atoms with van der Waals surface area (Å²) in [4.78, 5) is 0. The predicted molar refractivity (Wildman–Crippen MR) is 47.8 cm³/mol. The maximum Gasteiger partial charge on any atom is 0.188 e. The Balaban J connectivity index is 1.77. The van der Waals surface area contributed by atoms with Crippen molar-refractivity contribution in [2.24, 2.45) is 5.92 Å². The Morgan fingerprint density at radius 3 is 3.00 bits per heavy atom. The van der Waals surface area contributed by atoms with Crippen LogP contribution in [0.2, 0.25) is 0 Å². The van der Waals surface area contributed by atoms with Crippen molar-refractivity contribution < 1.29 is 0 Å². The van der Waals surface area contributed by atoms with Gasteiger partial charge >= 0.3 is 0 Å². The molecule has 0 amide bonds. The van der Waals surface area contributed by atoms with Gasteiger partial charge in [0.2, 0.25) is 0 Å². The Kier molecular flexibility index (Phi) is 2.54. The minimum absolute atomic E-state index is 0.638. The fourth-order valence-corrected chi connectivity index (χ4v) is 1.62. The highest BCUT2D eigenvalue weighted by atomic mass is 15.5. The molecule has 0 spiro atoms. The van der Waals surface area contributed by atoms with E-state index in [1.165, 1.54) is 19.3 Å². The van der Waals surface area contributed by atoms with Crippen LogP contribution in [0.1, 0.15) is 32.0 Å². The number of rotatable bonds is 5. The SMILES string of the molecule is CCC(NCc1nn[nH]n1)C1CC1. The summed E-state index contributed by atoms with van der Waals surface area (Å²) in [5.41, 5.74) is 0. The number of nitrogens with zero attached hydrogens (tertiary/aromatic N) is 3. The zero-order chi connectivity index (χ0) is 9.10. The molecule has 2 rings (SSSR count). The smallest absolute Gasteiger partial charge is 0.188 e. The minimum Gasteiger partial charge on any atom is -0.307 e. The van der Waals surface area contributed by atoms with Gasteiger partial charge in [0.1, 0.15) is 0 Å². The fourth-order valence-electron chi connectivity index (χ4n) is 1.62. The zero-order valence-electron chi connectivity index (χ0n) is 7.82. The molecule has 0 bridgehead atoms. The van der Waals surface area contributed by atoms with E-state index in [1.54, 1.807) is 0 Å². The van der Waals surface area contributed by atoms with Crippen molar-refractivity contribution in [1.82, 2.24) is 25.9 Å². The third kappa shape index (κ3) is 2.24. The second-order valence-corrected chi connectivity index (χ2v) is 3.56. The van der Waals surface area contributed by atoms with Gasteiger partial charge in [-0.1, -0.05) is 12.1 Å². The number of nitrogens with one attached hydrogen (secondary N) is 2. The van der Waals surface area contributed by atoms with Gasteiger partial charge in [0.05, 0.1) is 6.54 Å². The molecule has 1 aromatic rings. The lowest BCUT2D eigenvalue weighted by atomic mass is 10.1. The summed E-state index contributed by atoms with van der Waals surface area (Å²) < 4.78 is 0. The van der Waals surface area contributed by atoms with Crippen LogP contribution in [0.15, 0.2) is 0 Å². The molecule has 0 radical (unpaired) electrons. The molecule has 0 aromatic carbocycles. The third-order valence-corrected chi connectivity index (χ3v) is 2.54. The van der Waals surface area contributed by atoms with E-state index in [9.17, 15) is 0 Å². The number of H-pyrrole nitrogens is 1. The molecule has 72 valence electrons. The van der Waals surface area contributed by atoms with E-state index >= 15 is 0 Å². The van der Waals surface area contributed by atoms with Gasteiger partial charge in [0.25, 0.3) is 0 Å². The molecule has 1 heterocycles. The summed E-state index contributed by atoms with van der Waals surface area (Å²) >= 11 is 0. The van der Waals surface area contributed by atoms with Gasteiger partial charge in [-0.15, -0.1) is 10.2 Å². The molecule has 2 N–H and O–H groups in total. The topological polar surface area (TPSA) is 66.5 Å². The molecule has 1 unspecified atom stereocenters. The summed E-state index contributed by atoms with van der Waals surface area (Å²) in [5.74, 6) is 1.64. The maximum absolute atomic E-state index is 3.89. The number of aromatic amines is 1. The molecule has 1 fully saturated rings. The molecule has 5 nitrogen and oxygen atoms in total. The van der Waals surface area contributed by atoms with Gasteiger partial charge in [0, 0.05) is 6.04 Å². The van der Waals surface area contributed by atoms with Gasteiger partial charge in [-0.2, -0.15) is 5.21 Å². The molecule has 1 aliphatic rings. The fraction of sp³-hybridized carbons (Fsp3) is 0.875. The van der Waals surface area contributed by atoms with E-state index < -0.39 is 0 Å². The van der Waals surface area contributed by atoms with E-state index in [-0.39, 0.29) is 0 Å². The summed E-state index contributed by atoms with van der Waals surface area (Å²) in [5, 5.41) is 17.2. The molecule has 0 aliphatic heterocycles. The van der Waals surface area contributed by atoms with Crippen LogP contribution in [-0.4, -0.2) is 26.7 Å². The number of hydrogen-bond donors (Lipinski definition) is 2. The molecule has 13 heavy (non-hydrogen) atoms. The quantitative estimate of drug-likeness (QED) is 0.693. The van der Waals surface area contributed by atoms with Crippen molar-refractivity contribution >= 4 is 0 Å². The van der Waals surface area contributed by atoms with Crippen LogP contribution >= 0.6 is 0 Å². The van der Waals surface area contributed by atoms with Crippen LogP contribution < -0.4 is 5.32 Å². The molecule has 1 saturated carbocycles. The Morgan fingerprint density at radius 1 is 1.62 bits per heavy atom. The van der Waals surface area contributed by atoms with Crippen molar-refractivity contribution in [2.45, 2.75) is 38.8 Å². The maximum atomic E-state index is 3.89. The summed E-state index contributed by atoms with van der Waals surface area (Å²) in [6.45, 7) is 2.94. The number of tetrazole rings is 1. The molecule has 0 saturated heterocycles. The van der Waals surface area contributed by atoms with Crippen molar-refractivity contribution in [3.8, 4) is 0 Å². The first-order valence-corrected chi connectivity index (χ1v) is 4.86. The first-order valence-electron chi connectivity index (χ1n) is 4.86. The van der Waals surface area contributed by atoms with Crippen LogP contribution in [0.5, 0.6) is 0 Å². The molecule has 1 aromatic heterocycles. The molecule has 5 heteroatoms. The highest BCUT2D eigenvalue weighted by molar-refractivity contribution is 4.87. The third-order valence-electron chi connectivity index (χ3n) is 2.54. The molecular formula is C8H15N5. The second kappa shape index (κ2) is 3.83. The molecular weight excluding hydrogens is 166 g/mol. The second-order valence-electron chi connectivity index (χ2n) is 3.56. The average molecular weight is 181 g/mol. The van der Waals surface area contributed by atoms with Gasteiger partial charge in [-0.3, -0.25) is 0 Å². The van der Waals surface area contributed by atoms with Gasteiger partial charge in [-0.25, -0.2) is 0 Å². The van der Waals surface area contributed by atoms with E-state index in [2.05, 4.69) is 32.9 Å². The van der Waals surface area contributed by atoms with E-state index in [4.69, 9.17) is 0 Å². The summed E-state index contributed by atoms with van der Waals surface area (Å²) in [7, 11) is 0. The van der Waals surface area contributed by atoms with Crippen LogP contribution in [0.25, 0.3) is 0 Å². The van der Waals surface area contributed by atoms with Gasteiger partial charge in [-0.05, 0) is 25.2 Å². The predicted octanol–water partition coefficient (Wildman–Crippen LogP) is 0.478. The standard InChI is InChI=1S/C8H15N5/c1-2-7(6-3-4-6)9-5-8-10-12-13-11-8/h6-7,9H,2-5H2,1H3,(H,10,11,12,13). The Bertz CT molecular complexity index is 241. The minimum atomic E-state index is 0.638. The lowest BCUT2D eigenvalue weighted by Crippen LogP contribution is -2.30. The normalized spacial score (nSPS) is 18.8.